The van der Waals surface area contributed by atoms with Gasteiger partial charge in [-0.3, -0.25) is 19.7 Å². The summed E-state index contributed by atoms with van der Waals surface area (Å²) in [7, 11) is 0. The SMILES string of the molecule is O=C1CCC2(CCN(C(=O)c3ccc4c(c3)CCN4)C2)C(=O)N1. The Labute approximate surface area is 134 Å². The molecule has 2 saturated heterocycles. The molecule has 1 aromatic rings. The number of imide groups is 1. The first kappa shape index (κ1) is 14.2. The van der Waals surface area contributed by atoms with E-state index >= 15 is 0 Å². The van der Waals surface area contributed by atoms with Crippen LogP contribution in [0.25, 0.3) is 0 Å². The molecule has 4 rings (SSSR count). The molecular formula is C17H19N3O3. The molecule has 0 aliphatic carbocycles. The molecule has 3 amide bonds. The first-order chi connectivity index (χ1) is 11.1. The summed E-state index contributed by atoms with van der Waals surface area (Å²) in [5, 5.41) is 5.70. The smallest absolute Gasteiger partial charge is 0.253 e. The number of likely N-dealkylation sites (tertiary alicyclic amines) is 1. The Hall–Kier alpha value is -2.37. The van der Waals surface area contributed by atoms with Crippen molar-refractivity contribution in [1.29, 1.82) is 0 Å². The van der Waals surface area contributed by atoms with Crippen LogP contribution in [-0.4, -0.2) is 42.3 Å². The predicted molar refractivity (Wildman–Crippen MR) is 84.0 cm³/mol. The number of anilines is 1. The average Bonchev–Trinajstić information content (AvgIpc) is 3.18. The first-order valence-electron chi connectivity index (χ1n) is 8.08. The van der Waals surface area contributed by atoms with Crippen molar-refractivity contribution in [2.24, 2.45) is 5.41 Å². The van der Waals surface area contributed by atoms with Gasteiger partial charge in [-0.05, 0) is 43.0 Å². The molecular weight excluding hydrogens is 294 g/mol. The highest BCUT2D eigenvalue weighted by Crippen LogP contribution is 2.38. The Kier molecular flexibility index (Phi) is 3.14. The molecule has 0 bridgehead atoms. The third kappa shape index (κ3) is 2.29. The number of nitrogens with zero attached hydrogens (tertiary/aromatic N) is 1. The van der Waals surface area contributed by atoms with Gasteiger partial charge < -0.3 is 10.2 Å². The monoisotopic (exact) mass is 313 g/mol. The molecule has 2 fully saturated rings. The number of carbonyl (C=O) groups is 3. The van der Waals surface area contributed by atoms with Gasteiger partial charge in [-0.25, -0.2) is 0 Å². The van der Waals surface area contributed by atoms with Crippen molar-refractivity contribution in [2.75, 3.05) is 25.0 Å². The third-order valence-electron chi connectivity index (χ3n) is 5.27. The standard InChI is InChI=1S/C17H19N3O3/c21-14-3-5-17(16(23)19-14)6-8-20(10-17)15(22)12-1-2-13-11(9-12)4-7-18-13/h1-2,9,18H,3-8,10H2,(H,19,21,23). The second kappa shape index (κ2) is 5.08. The highest BCUT2D eigenvalue weighted by atomic mass is 16.2. The van der Waals surface area contributed by atoms with Gasteiger partial charge in [-0.2, -0.15) is 0 Å². The van der Waals surface area contributed by atoms with Gasteiger partial charge in [0.1, 0.15) is 0 Å². The van der Waals surface area contributed by atoms with Crippen LogP contribution < -0.4 is 10.6 Å². The molecule has 3 heterocycles. The summed E-state index contributed by atoms with van der Waals surface area (Å²) in [6.07, 6.45) is 2.46. The lowest BCUT2D eigenvalue weighted by Gasteiger charge is -2.31. The van der Waals surface area contributed by atoms with E-state index in [0.717, 1.165) is 18.7 Å². The lowest BCUT2D eigenvalue weighted by Crippen LogP contribution is -2.50. The summed E-state index contributed by atoms with van der Waals surface area (Å²) in [6.45, 7) is 1.88. The lowest BCUT2D eigenvalue weighted by atomic mass is 9.79. The van der Waals surface area contributed by atoms with Gasteiger partial charge in [0.25, 0.3) is 5.91 Å². The molecule has 3 aliphatic rings. The minimum absolute atomic E-state index is 0.0266. The minimum atomic E-state index is -0.581. The van der Waals surface area contributed by atoms with Gasteiger partial charge in [0, 0.05) is 37.3 Å². The second-order valence-electron chi connectivity index (χ2n) is 6.68. The zero-order chi connectivity index (χ0) is 16.0. The summed E-state index contributed by atoms with van der Waals surface area (Å²) < 4.78 is 0. The largest absolute Gasteiger partial charge is 0.384 e. The van der Waals surface area contributed by atoms with Gasteiger partial charge in [0.15, 0.2) is 0 Å². The van der Waals surface area contributed by atoms with Gasteiger partial charge in [-0.1, -0.05) is 0 Å². The molecule has 23 heavy (non-hydrogen) atoms. The molecule has 0 aromatic heterocycles. The molecule has 1 atom stereocenters. The van der Waals surface area contributed by atoms with Crippen molar-refractivity contribution < 1.29 is 14.4 Å². The number of hydrogen-bond donors (Lipinski definition) is 2. The van der Waals surface area contributed by atoms with E-state index in [-0.39, 0.29) is 17.7 Å². The van der Waals surface area contributed by atoms with E-state index in [1.165, 1.54) is 5.56 Å². The van der Waals surface area contributed by atoms with Gasteiger partial charge in [-0.15, -0.1) is 0 Å². The Balaban J connectivity index is 1.52. The Morgan fingerprint density at radius 2 is 2.04 bits per heavy atom. The van der Waals surface area contributed by atoms with Gasteiger partial charge >= 0.3 is 0 Å². The van der Waals surface area contributed by atoms with Crippen LogP contribution in [0, 0.1) is 5.41 Å². The number of rotatable bonds is 1. The fourth-order valence-electron chi connectivity index (χ4n) is 3.84. The molecule has 120 valence electrons. The molecule has 2 N–H and O–H groups in total. The maximum Gasteiger partial charge on any atom is 0.253 e. The topological polar surface area (TPSA) is 78.5 Å². The maximum absolute atomic E-state index is 12.8. The average molecular weight is 313 g/mol. The number of carbonyl (C=O) groups excluding carboxylic acids is 3. The van der Waals surface area contributed by atoms with E-state index in [2.05, 4.69) is 10.6 Å². The zero-order valence-corrected chi connectivity index (χ0v) is 12.9. The van der Waals surface area contributed by atoms with Crippen molar-refractivity contribution in [3.05, 3.63) is 29.3 Å². The van der Waals surface area contributed by atoms with Crippen molar-refractivity contribution in [2.45, 2.75) is 25.7 Å². The van der Waals surface area contributed by atoms with E-state index in [1.807, 2.05) is 18.2 Å². The fourth-order valence-corrected chi connectivity index (χ4v) is 3.84. The number of hydrogen-bond acceptors (Lipinski definition) is 4. The predicted octanol–water partition coefficient (Wildman–Crippen LogP) is 0.923. The molecule has 1 unspecified atom stereocenters. The van der Waals surface area contributed by atoms with Crippen LogP contribution >= 0.6 is 0 Å². The molecule has 6 heteroatoms. The highest BCUT2D eigenvalue weighted by Gasteiger charge is 2.48. The second-order valence-corrected chi connectivity index (χ2v) is 6.68. The van der Waals surface area contributed by atoms with Crippen LogP contribution in [0.1, 0.15) is 35.2 Å². The molecule has 3 aliphatic heterocycles. The first-order valence-corrected chi connectivity index (χ1v) is 8.08. The van der Waals surface area contributed by atoms with Crippen LogP contribution in [0.15, 0.2) is 18.2 Å². The van der Waals surface area contributed by atoms with E-state index < -0.39 is 5.41 Å². The summed E-state index contributed by atoms with van der Waals surface area (Å²) in [4.78, 5) is 38.0. The van der Waals surface area contributed by atoms with Crippen LogP contribution in [0.5, 0.6) is 0 Å². The van der Waals surface area contributed by atoms with E-state index in [0.29, 0.717) is 37.9 Å². The Bertz CT molecular complexity index is 715. The summed E-state index contributed by atoms with van der Waals surface area (Å²) in [5.41, 5.74) is 2.37. The summed E-state index contributed by atoms with van der Waals surface area (Å²) >= 11 is 0. The Morgan fingerprint density at radius 1 is 1.17 bits per heavy atom. The van der Waals surface area contributed by atoms with Crippen molar-refractivity contribution >= 4 is 23.4 Å². The lowest BCUT2D eigenvalue weighted by molar-refractivity contribution is -0.141. The summed E-state index contributed by atoms with van der Waals surface area (Å²) in [5.74, 6) is -0.458. The van der Waals surface area contributed by atoms with Crippen LogP contribution in [-0.2, 0) is 16.0 Å². The molecule has 0 saturated carbocycles. The van der Waals surface area contributed by atoms with Crippen LogP contribution in [0.3, 0.4) is 0 Å². The van der Waals surface area contributed by atoms with Crippen LogP contribution in [0.2, 0.25) is 0 Å². The number of amides is 3. The van der Waals surface area contributed by atoms with Crippen molar-refractivity contribution in [3.63, 3.8) is 0 Å². The van der Waals surface area contributed by atoms with Gasteiger partial charge in [0.05, 0.1) is 5.41 Å². The van der Waals surface area contributed by atoms with Crippen molar-refractivity contribution in [1.82, 2.24) is 10.2 Å². The maximum atomic E-state index is 12.8. The van der Waals surface area contributed by atoms with Crippen molar-refractivity contribution in [3.8, 4) is 0 Å². The normalized spacial score (nSPS) is 26.2. The number of nitrogens with one attached hydrogen (secondary N) is 2. The quantitative estimate of drug-likeness (QED) is 0.756. The minimum Gasteiger partial charge on any atom is -0.384 e. The molecule has 1 aromatic carbocycles. The van der Waals surface area contributed by atoms with Gasteiger partial charge in [0.2, 0.25) is 11.8 Å². The molecule has 0 radical (unpaired) electrons. The fraction of sp³-hybridized carbons (Fsp3) is 0.471. The molecule has 1 spiro atoms. The third-order valence-corrected chi connectivity index (χ3v) is 5.27. The number of benzene rings is 1. The highest BCUT2D eigenvalue weighted by molar-refractivity contribution is 6.02. The Morgan fingerprint density at radius 3 is 2.87 bits per heavy atom. The van der Waals surface area contributed by atoms with Crippen LogP contribution in [0.4, 0.5) is 5.69 Å². The molecule has 6 nitrogen and oxygen atoms in total. The van der Waals surface area contributed by atoms with E-state index in [1.54, 1.807) is 4.90 Å². The zero-order valence-electron chi connectivity index (χ0n) is 12.9. The number of piperidine rings is 1. The summed E-state index contributed by atoms with van der Waals surface area (Å²) in [6, 6.07) is 5.75. The number of fused-ring (bicyclic) bond motifs is 1. The van der Waals surface area contributed by atoms with E-state index in [9.17, 15) is 14.4 Å². The van der Waals surface area contributed by atoms with E-state index in [4.69, 9.17) is 0 Å².